The molecule has 2 N–H and O–H groups in total. The molecule has 0 aromatic heterocycles. The van der Waals surface area contributed by atoms with E-state index in [1.54, 1.807) is 19.1 Å². The molecule has 0 spiro atoms. The second-order valence-electron chi connectivity index (χ2n) is 8.86. The molecule has 6 heteroatoms. The van der Waals surface area contributed by atoms with Crippen molar-refractivity contribution in [3.63, 3.8) is 0 Å². The van der Waals surface area contributed by atoms with Gasteiger partial charge in [-0.2, -0.15) is 5.26 Å². The smallest absolute Gasteiger partial charge is 0.303 e. The molecule has 0 saturated heterocycles. The summed E-state index contributed by atoms with van der Waals surface area (Å²) in [5.41, 5.74) is 3.78. The Morgan fingerprint density at radius 1 is 1.38 bits per heavy atom. The normalized spacial score (nSPS) is 17.5. The predicted molar refractivity (Wildman–Crippen MR) is 152 cm³/mol. The number of hydrogen-bond acceptors (Lipinski definition) is 4. The molecule has 5 nitrogen and oxygen atoms in total. The summed E-state index contributed by atoms with van der Waals surface area (Å²) in [4.78, 5) is 15.6. The molecule has 0 amide bonds. The van der Waals surface area contributed by atoms with Gasteiger partial charge in [0.2, 0.25) is 0 Å². The fraction of sp³-hybridized carbons (Fsp3) is 0.387. The first kappa shape index (κ1) is 31.3. The molecule has 198 valence electrons. The molecule has 2 atom stereocenters. The fourth-order valence-electron chi connectivity index (χ4n) is 3.57. The standard InChI is InChI=1S/C31H40FN3O2/c1-5-20-34-30(12-9-11-29(32)6-2)28(10-7-8-13-31(36)37)21-24(3)14-15-25(4)35-23-27-18-16-26(22-33)17-19-27/h5-6,9,11,14-16,18-19,21,24,26,35H,1,4,7-8,10,12-13,17,20,23H2,2-3H3,(H,36,37)/b11-9-,15-14+,28-21-,29-6+,34-30-. The number of nitrogens with one attached hydrogen (secondary N) is 1. The van der Waals surface area contributed by atoms with Gasteiger partial charge in [-0.05, 0) is 61.8 Å². The third-order valence-electron chi connectivity index (χ3n) is 5.66. The van der Waals surface area contributed by atoms with Crippen molar-refractivity contribution in [2.24, 2.45) is 16.8 Å². The second kappa shape index (κ2) is 18.5. The molecule has 0 saturated carbocycles. The van der Waals surface area contributed by atoms with Crippen molar-refractivity contribution in [1.29, 1.82) is 5.26 Å². The van der Waals surface area contributed by atoms with Crippen LogP contribution in [0.4, 0.5) is 4.39 Å². The highest BCUT2D eigenvalue weighted by Crippen LogP contribution is 2.19. The average molecular weight is 506 g/mol. The third-order valence-corrected chi connectivity index (χ3v) is 5.66. The van der Waals surface area contributed by atoms with Crippen molar-refractivity contribution < 1.29 is 14.3 Å². The minimum atomic E-state index is -0.803. The second-order valence-corrected chi connectivity index (χ2v) is 8.86. The maximum Gasteiger partial charge on any atom is 0.303 e. The van der Waals surface area contributed by atoms with Crippen LogP contribution in [0.5, 0.6) is 0 Å². The Kier molecular flexibility index (Phi) is 15.7. The Balaban J connectivity index is 2.92. The van der Waals surface area contributed by atoms with E-state index in [0.29, 0.717) is 32.4 Å². The van der Waals surface area contributed by atoms with E-state index in [9.17, 15) is 9.18 Å². The first-order valence-corrected chi connectivity index (χ1v) is 12.7. The van der Waals surface area contributed by atoms with Crippen molar-refractivity contribution in [2.75, 3.05) is 13.1 Å². The van der Waals surface area contributed by atoms with Crippen LogP contribution in [0.2, 0.25) is 0 Å². The molecule has 0 aromatic rings. The quantitative estimate of drug-likeness (QED) is 0.0938. The Hall–Kier alpha value is -3.72. The van der Waals surface area contributed by atoms with Gasteiger partial charge in [0.1, 0.15) is 5.83 Å². The zero-order valence-electron chi connectivity index (χ0n) is 22.1. The van der Waals surface area contributed by atoms with E-state index in [-0.39, 0.29) is 24.1 Å². The van der Waals surface area contributed by atoms with E-state index < -0.39 is 5.97 Å². The predicted octanol–water partition coefficient (Wildman–Crippen LogP) is 7.33. The Morgan fingerprint density at radius 2 is 2.14 bits per heavy atom. The van der Waals surface area contributed by atoms with Crippen LogP contribution >= 0.6 is 0 Å². The van der Waals surface area contributed by atoms with E-state index in [0.717, 1.165) is 35.4 Å². The first-order valence-electron chi connectivity index (χ1n) is 12.7. The van der Waals surface area contributed by atoms with Crippen LogP contribution < -0.4 is 5.32 Å². The number of aliphatic carboxylic acids is 1. The largest absolute Gasteiger partial charge is 0.481 e. The van der Waals surface area contributed by atoms with Gasteiger partial charge in [0.25, 0.3) is 0 Å². The average Bonchev–Trinajstić information content (AvgIpc) is 2.89. The molecule has 0 aliphatic heterocycles. The van der Waals surface area contributed by atoms with E-state index >= 15 is 0 Å². The number of allylic oxidation sites excluding steroid dienone is 10. The Morgan fingerprint density at radius 3 is 2.76 bits per heavy atom. The van der Waals surface area contributed by atoms with Crippen molar-refractivity contribution in [3.8, 4) is 6.07 Å². The number of nitriles is 1. The van der Waals surface area contributed by atoms with Gasteiger partial charge in [-0.15, -0.1) is 6.58 Å². The van der Waals surface area contributed by atoms with Crippen LogP contribution in [0, 0.1) is 23.2 Å². The zero-order valence-corrected chi connectivity index (χ0v) is 22.1. The zero-order chi connectivity index (χ0) is 27.5. The summed E-state index contributed by atoms with van der Waals surface area (Å²) in [5.74, 6) is -1.08. The monoisotopic (exact) mass is 505 g/mol. The lowest BCUT2D eigenvalue weighted by Crippen LogP contribution is -2.15. The van der Waals surface area contributed by atoms with Gasteiger partial charge in [-0.3, -0.25) is 9.79 Å². The van der Waals surface area contributed by atoms with E-state index in [1.807, 2.05) is 24.3 Å². The van der Waals surface area contributed by atoms with Crippen molar-refractivity contribution >= 4 is 11.7 Å². The lowest BCUT2D eigenvalue weighted by atomic mass is 9.95. The maximum absolute atomic E-state index is 13.6. The number of unbranched alkanes of at least 4 members (excludes halogenated alkanes) is 1. The highest BCUT2D eigenvalue weighted by atomic mass is 19.1. The highest BCUT2D eigenvalue weighted by molar-refractivity contribution is 6.01. The van der Waals surface area contributed by atoms with Gasteiger partial charge < -0.3 is 10.4 Å². The molecular weight excluding hydrogens is 465 g/mol. The molecule has 0 heterocycles. The van der Waals surface area contributed by atoms with E-state index in [2.05, 4.69) is 48.6 Å². The number of carboxylic acids is 1. The summed E-state index contributed by atoms with van der Waals surface area (Å²) in [6, 6.07) is 2.25. The number of carbonyl (C=O) groups is 1. The van der Waals surface area contributed by atoms with Crippen molar-refractivity contribution in [2.45, 2.75) is 52.4 Å². The number of rotatable bonds is 17. The molecule has 1 aliphatic rings. The molecule has 0 fully saturated rings. The minimum Gasteiger partial charge on any atom is -0.481 e. The van der Waals surface area contributed by atoms with Gasteiger partial charge >= 0.3 is 5.97 Å². The van der Waals surface area contributed by atoms with Crippen LogP contribution in [0.25, 0.3) is 0 Å². The van der Waals surface area contributed by atoms with Crippen LogP contribution in [0.1, 0.15) is 52.4 Å². The number of carboxylic acid groups (broad SMARTS) is 1. The summed E-state index contributed by atoms with van der Waals surface area (Å²) >= 11 is 0. The summed E-state index contributed by atoms with van der Waals surface area (Å²) in [6.07, 6.45) is 21.7. The number of halogens is 1. The lowest BCUT2D eigenvalue weighted by Gasteiger charge is -2.13. The summed E-state index contributed by atoms with van der Waals surface area (Å²) in [7, 11) is 0. The molecule has 37 heavy (non-hydrogen) atoms. The Labute approximate surface area is 221 Å². The first-order chi connectivity index (χ1) is 17.8. The molecule has 1 aliphatic carbocycles. The number of aliphatic imine (C=N–C) groups is 1. The molecule has 0 radical (unpaired) electrons. The fourth-order valence-corrected chi connectivity index (χ4v) is 3.57. The van der Waals surface area contributed by atoms with Gasteiger partial charge in [-0.25, -0.2) is 4.39 Å². The SMILES string of the molecule is C=CC/N=C(C/C=C\C(F)=C/C)\C(=C/C(C)/C=C/C(=C)NCC1=CCC(C#N)C=C1)CCCCC(=O)O. The van der Waals surface area contributed by atoms with Crippen LogP contribution in [-0.2, 0) is 4.79 Å². The Bertz CT molecular complexity index is 1040. The number of hydrogen-bond donors (Lipinski definition) is 2. The van der Waals surface area contributed by atoms with Gasteiger partial charge in [-0.1, -0.05) is 62.1 Å². The van der Waals surface area contributed by atoms with Crippen molar-refractivity contribution in [3.05, 3.63) is 96.6 Å². The summed E-state index contributed by atoms with van der Waals surface area (Å²) < 4.78 is 13.6. The van der Waals surface area contributed by atoms with Gasteiger partial charge in [0, 0.05) is 30.8 Å². The maximum atomic E-state index is 13.6. The summed E-state index contributed by atoms with van der Waals surface area (Å²) in [6.45, 7) is 12.6. The molecular formula is C31H40FN3O2. The molecule has 2 unspecified atom stereocenters. The van der Waals surface area contributed by atoms with Crippen LogP contribution in [-0.4, -0.2) is 29.9 Å². The van der Waals surface area contributed by atoms with E-state index in [1.165, 1.54) is 12.2 Å². The number of nitrogens with zero attached hydrogens (tertiary/aromatic N) is 2. The lowest BCUT2D eigenvalue weighted by molar-refractivity contribution is -0.137. The third kappa shape index (κ3) is 14.4. The molecule has 0 aromatic carbocycles. The highest BCUT2D eigenvalue weighted by Gasteiger charge is 2.10. The topological polar surface area (TPSA) is 85.5 Å². The van der Waals surface area contributed by atoms with Crippen LogP contribution in [0.3, 0.4) is 0 Å². The van der Waals surface area contributed by atoms with Crippen LogP contribution in [0.15, 0.2) is 102 Å². The summed E-state index contributed by atoms with van der Waals surface area (Å²) in [5, 5.41) is 21.3. The van der Waals surface area contributed by atoms with Crippen molar-refractivity contribution in [1.82, 2.24) is 5.32 Å². The van der Waals surface area contributed by atoms with Gasteiger partial charge in [0.05, 0.1) is 18.5 Å². The van der Waals surface area contributed by atoms with Gasteiger partial charge in [0.15, 0.2) is 0 Å². The molecule has 0 bridgehead atoms. The molecule has 1 rings (SSSR count). The van der Waals surface area contributed by atoms with E-state index in [4.69, 9.17) is 10.4 Å². The minimum absolute atomic E-state index is 0.0460.